The van der Waals surface area contributed by atoms with Crippen molar-refractivity contribution in [1.82, 2.24) is 9.47 Å². The summed E-state index contributed by atoms with van der Waals surface area (Å²) in [6.07, 6.45) is 0. The Morgan fingerprint density at radius 3 is 2.36 bits per heavy atom. The Bertz CT molecular complexity index is 1370. The second-order valence-corrected chi connectivity index (χ2v) is 7.94. The van der Waals surface area contributed by atoms with Gasteiger partial charge in [-0.05, 0) is 25.1 Å². The zero-order chi connectivity index (χ0) is 23.7. The number of fused-ring (bicyclic) bond motifs is 2. The fourth-order valence-corrected chi connectivity index (χ4v) is 4.43. The summed E-state index contributed by atoms with van der Waals surface area (Å²) in [5.41, 5.74) is 0.556. The zero-order valence-corrected chi connectivity index (χ0v) is 18.0. The van der Waals surface area contributed by atoms with Gasteiger partial charge in [0.25, 0.3) is 23.4 Å². The second-order valence-electron chi connectivity index (χ2n) is 6.93. The highest BCUT2D eigenvalue weighted by Crippen LogP contribution is 2.24. The van der Waals surface area contributed by atoms with Crippen LogP contribution >= 0.6 is 11.3 Å². The number of amides is 3. The van der Waals surface area contributed by atoms with Crippen LogP contribution in [0.2, 0.25) is 0 Å². The minimum atomic E-state index is -0.789. The minimum absolute atomic E-state index is 0.0835. The third-order valence-corrected chi connectivity index (χ3v) is 5.92. The van der Waals surface area contributed by atoms with Crippen molar-refractivity contribution in [3.8, 4) is 0 Å². The minimum Gasteiger partial charge on any atom is -0.465 e. The summed E-state index contributed by atoms with van der Waals surface area (Å²) >= 11 is 1.04. The molecular weight excluding hydrogens is 452 g/mol. The van der Waals surface area contributed by atoms with Gasteiger partial charge in [-0.3, -0.25) is 34.2 Å². The quantitative estimate of drug-likeness (QED) is 0.233. The molecule has 0 fully saturated rings. The number of aromatic nitrogens is 1. The molecule has 0 spiro atoms. The number of non-ortho nitro benzene ring substituents is 1. The van der Waals surface area contributed by atoms with Gasteiger partial charge < -0.3 is 9.30 Å². The second kappa shape index (κ2) is 8.74. The third-order valence-electron chi connectivity index (χ3n) is 4.86. The molecule has 33 heavy (non-hydrogen) atoms. The Hall–Kier alpha value is -4.19. The summed E-state index contributed by atoms with van der Waals surface area (Å²) in [6.45, 7) is 0.858. The lowest BCUT2D eigenvalue weighted by Gasteiger charge is -2.10. The molecule has 3 amide bonds. The summed E-state index contributed by atoms with van der Waals surface area (Å²) in [7, 11) is 0. The standard InChI is InChI=1S/C21H16N4O7S/c1-2-32-18(27)11-23-15-9-12(25(30)31)7-8-16(15)33-21(23)22-17(26)10-24-19(28)13-5-3-4-6-14(13)20(24)29/h3-9H,2,10-11H2,1H3. The van der Waals surface area contributed by atoms with E-state index in [9.17, 15) is 29.3 Å². The van der Waals surface area contributed by atoms with Crippen LogP contribution < -0.4 is 4.80 Å². The van der Waals surface area contributed by atoms with Crippen molar-refractivity contribution in [1.29, 1.82) is 0 Å². The smallest absolute Gasteiger partial charge is 0.326 e. The van der Waals surface area contributed by atoms with Crippen LogP contribution in [0.4, 0.5) is 5.69 Å². The molecule has 0 bridgehead atoms. The van der Waals surface area contributed by atoms with E-state index in [1.54, 1.807) is 19.1 Å². The molecule has 168 valence electrons. The number of rotatable bonds is 6. The number of ether oxygens (including phenoxy) is 1. The monoisotopic (exact) mass is 468 g/mol. The van der Waals surface area contributed by atoms with Crippen molar-refractivity contribution in [2.24, 2.45) is 4.99 Å². The number of hydrogen-bond donors (Lipinski definition) is 0. The molecule has 12 heteroatoms. The molecule has 11 nitrogen and oxygen atoms in total. The number of nitro groups is 1. The van der Waals surface area contributed by atoms with Gasteiger partial charge in [-0.15, -0.1) is 0 Å². The molecule has 0 saturated heterocycles. The number of nitrogens with zero attached hydrogens (tertiary/aromatic N) is 4. The molecule has 1 aromatic heterocycles. The molecule has 2 aromatic carbocycles. The average Bonchev–Trinajstić information content (AvgIpc) is 3.23. The van der Waals surface area contributed by atoms with Gasteiger partial charge in [0, 0.05) is 12.1 Å². The fraction of sp³-hybridized carbons (Fsp3) is 0.190. The molecular formula is C21H16N4O7S. The number of imide groups is 1. The number of hydrogen-bond acceptors (Lipinski definition) is 8. The van der Waals surface area contributed by atoms with Crippen LogP contribution in [-0.2, 0) is 20.9 Å². The van der Waals surface area contributed by atoms with Crippen LogP contribution in [0.1, 0.15) is 27.6 Å². The van der Waals surface area contributed by atoms with Crippen LogP contribution in [0.5, 0.6) is 0 Å². The highest BCUT2D eigenvalue weighted by atomic mass is 32.1. The van der Waals surface area contributed by atoms with Crippen molar-refractivity contribution in [3.05, 3.63) is 68.5 Å². The lowest BCUT2D eigenvalue weighted by atomic mass is 10.1. The van der Waals surface area contributed by atoms with Gasteiger partial charge in [-0.1, -0.05) is 23.5 Å². The molecule has 0 unspecified atom stereocenters. The highest BCUT2D eigenvalue weighted by Gasteiger charge is 2.36. The first-order chi connectivity index (χ1) is 15.8. The molecule has 0 saturated carbocycles. The molecule has 4 rings (SSSR count). The van der Waals surface area contributed by atoms with Gasteiger partial charge >= 0.3 is 5.97 Å². The van der Waals surface area contributed by atoms with E-state index >= 15 is 0 Å². The highest BCUT2D eigenvalue weighted by molar-refractivity contribution is 7.16. The van der Waals surface area contributed by atoms with E-state index in [4.69, 9.17) is 4.74 Å². The maximum atomic E-state index is 12.7. The first-order valence-electron chi connectivity index (χ1n) is 9.76. The molecule has 2 heterocycles. The number of carbonyl (C=O) groups is 4. The summed E-state index contributed by atoms with van der Waals surface area (Å²) in [5.74, 6) is -2.59. The summed E-state index contributed by atoms with van der Waals surface area (Å²) in [4.78, 5) is 65.3. The van der Waals surface area contributed by atoms with Crippen molar-refractivity contribution in [3.63, 3.8) is 0 Å². The fourth-order valence-electron chi connectivity index (χ4n) is 3.40. The lowest BCUT2D eigenvalue weighted by Crippen LogP contribution is -2.35. The van der Waals surface area contributed by atoms with Crippen molar-refractivity contribution < 1.29 is 28.8 Å². The molecule has 0 N–H and O–H groups in total. The van der Waals surface area contributed by atoms with Crippen molar-refractivity contribution in [2.75, 3.05) is 13.2 Å². The van der Waals surface area contributed by atoms with Crippen LogP contribution in [0.3, 0.4) is 0 Å². The molecule has 0 radical (unpaired) electrons. The van der Waals surface area contributed by atoms with Crippen LogP contribution in [-0.4, -0.2) is 51.2 Å². The molecule has 1 aliphatic heterocycles. The van der Waals surface area contributed by atoms with Gasteiger partial charge in [0.1, 0.15) is 13.1 Å². The van der Waals surface area contributed by atoms with E-state index in [1.807, 2.05) is 0 Å². The van der Waals surface area contributed by atoms with Crippen LogP contribution in [0, 0.1) is 10.1 Å². The molecule has 1 aliphatic rings. The predicted molar refractivity (Wildman–Crippen MR) is 115 cm³/mol. The Morgan fingerprint density at radius 2 is 1.76 bits per heavy atom. The Balaban J connectivity index is 1.70. The summed E-state index contributed by atoms with van der Waals surface area (Å²) in [5, 5.41) is 11.2. The van der Waals surface area contributed by atoms with Crippen molar-refractivity contribution in [2.45, 2.75) is 13.5 Å². The lowest BCUT2D eigenvalue weighted by molar-refractivity contribution is -0.384. The third kappa shape index (κ3) is 4.15. The average molecular weight is 468 g/mol. The van der Waals surface area contributed by atoms with Gasteiger partial charge in [0.05, 0.1) is 32.9 Å². The maximum Gasteiger partial charge on any atom is 0.326 e. The first-order valence-corrected chi connectivity index (χ1v) is 10.6. The molecule has 3 aromatic rings. The molecule has 0 aliphatic carbocycles. The van der Waals surface area contributed by atoms with Gasteiger partial charge in [-0.25, -0.2) is 0 Å². The number of nitro benzene ring substituents is 1. The summed E-state index contributed by atoms with van der Waals surface area (Å²) < 4.78 is 6.85. The normalized spacial score (nSPS) is 13.5. The number of benzene rings is 2. The van der Waals surface area contributed by atoms with Crippen LogP contribution in [0.25, 0.3) is 10.2 Å². The van der Waals surface area contributed by atoms with Crippen molar-refractivity contribution >= 4 is 50.9 Å². The Morgan fingerprint density at radius 1 is 1.09 bits per heavy atom. The van der Waals surface area contributed by atoms with E-state index in [0.29, 0.717) is 10.2 Å². The van der Waals surface area contributed by atoms with Gasteiger partial charge in [0.15, 0.2) is 4.80 Å². The van der Waals surface area contributed by atoms with E-state index in [2.05, 4.69) is 4.99 Å². The number of esters is 1. The first kappa shape index (κ1) is 22.0. The largest absolute Gasteiger partial charge is 0.465 e. The van der Waals surface area contributed by atoms with E-state index in [1.165, 1.54) is 34.9 Å². The predicted octanol–water partition coefficient (Wildman–Crippen LogP) is 1.90. The Kier molecular flexibility index (Phi) is 5.84. The summed E-state index contributed by atoms with van der Waals surface area (Å²) in [6, 6.07) is 10.3. The van der Waals surface area contributed by atoms with E-state index in [-0.39, 0.29) is 34.8 Å². The SMILES string of the molecule is CCOC(=O)Cn1c(=NC(=O)CN2C(=O)c3ccccc3C2=O)sc2ccc([N+](=O)[O-])cc21. The number of thiazole rings is 1. The maximum absolute atomic E-state index is 12.7. The number of carbonyl (C=O) groups excluding carboxylic acids is 4. The van der Waals surface area contributed by atoms with E-state index < -0.39 is 35.2 Å². The zero-order valence-electron chi connectivity index (χ0n) is 17.2. The van der Waals surface area contributed by atoms with Gasteiger partial charge in [0.2, 0.25) is 0 Å². The molecule has 0 atom stereocenters. The van der Waals surface area contributed by atoms with Gasteiger partial charge in [-0.2, -0.15) is 4.99 Å². The Labute approximate surface area is 189 Å². The van der Waals surface area contributed by atoms with Crippen LogP contribution in [0.15, 0.2) is 47.5 Å². The topological polar surface area (TPSA) is 141 Å². The van der Waals surface area contributed by atoms with E-state index in [0.717, 1.165) is 16.2 Å².